The third kappa shape index (κ3) is 14.1. The SMILES string of the molecule is CCOC(=O)NC(NOC)=[NH+]CCC[C@H]([NH3+])C(=O)OCC.[Cl-].[Cl-]. The summed E-state index contributed by atoms with van der Waals surface area (Å²) in [6.45, 7) is 4.60. The summed E-state index contributed by atoms with van der Waals surface area (Å²) in [7, 11) is 1.42. The van der Waals surface area contributed by atoms with Crippen molar-refractivity contribution in [2.45, 2.75) is 32.7 Å². The van der Waals surface area contributed by atoms with Crippen LogP contribution in [-0.2, 0) is 19.1 Å². The Balaban J connectivity index is -0.00000200. The molecule has 0 aliphatic rings. The molecular weight excluding hydrogens is 351 g/mol. The molecule has 0 rings (SSSR count). The number of alkyl carbamates (subject to hydrolysis) is 1. The van der Waals surface area contributed by atoms with E-state index < -0.39 is 12.1 Å². The van der Waals surface area contributed by atoms with Gasteiger partial charge in [0.25, 0.3) is 0 Å². The van der Waals surface area contributed by atoms with Crippen LogP contribution >= 0.6 is 0 Å². The number of esters is 1. The van der Waals surface area contributed by atoms with Gasteiger partial charge in [-0.3, -0.25) is 4.99 Å². The zero-order valence-corrected chi connectivity index (χ0v) is 15.1. The summed E-state index contributed by atoms with van der Waals surface area (Å²) in [5.41, 5.74) is 6.23. The molecule has 0 saturated heterocycles. The molecule has 1 amide bonds. The fraction of sp³-hybridized carbons (Fsp3) is 0.750. The summed E-state index contributed by atoms with van der Waals surface area (Å²) < 4.78 is 9.61. The molecule has 0 aliphatic heterocycles. The largest absolute Gasteiger partial charge is 1.00 e. The van der Waals surface area contributed by atoms with Crippen LogP contribution in [0.5, 0.6) is 0 Å². The molecule has 0 radical (unpaired) electrons. The number of carbonyl (C=O) groups is 2. The Morgan fingerprint density at radius 1 is 1.17 bits per heavy atom. The second-order valence-corrected chi connectivity index (χ2v) is 4.04. The van der Waals surface area contributed by atoms with Gasteiger partial charge in [0.15, 0.2) is 6.04 Å². The third-order valence-electron chi connectivity index (χ3n) is 2.36. The molecule has 9 nitrogen and oxygen atoms in total. The molecule has 0 spiro atoms. The van der Waals surface area contributed by atoms with Gasteiger partial charge in [-0.05, 0) is 20.3 Å². The molecule has 6 N–H and O–H groups in total. The van der Waals surface area contributed by atoms with Crippen molar-refractivity contribution in [2.75, 3.05) is 26.9 Å². The summed E-state index contributed by atoms with van der Waals surface area (Å²) in [6.07, 6.45) is 0.656. The predicted molar refractivity (Wildman–Crippen MR) is 73.7 cm³/mol. The highest BCUT2D eigenvalue weighted by molar-refractivity contribution is 5.90. The average molecular weight is 377 g/mol. The van der Waals surface area contributed by atoms with E-state index in [0.717, 1.165) is 0 Å². The maximum absolute atomic E-state index is 11.4. The number of guanidine groups is 1. The van der Waals surface area contributed by atoms with E-state index in [4.69, 9.17) is 14.3 Å². The highest BCUT2D eigenvalue weighted by Crippen LogP contribution is 1.93. The summed E-state index contributed by atoms with van der Waals surface area (Å²) in [6, 6.07) is -0.399. The number of halogens is 2. The van der Waals surface area contributed by atoms with E-state index in [-0.39, 0.29) is 43.3 Å². The van der Waals surface area contributed by atoms with Crippen LogP contribution < -0.4 is 46.3 Å². The number of hydrogen-bond acceptors (Lipinski definition) is 5. The van der Waals surface area contributed by atoms with E-state index >= 15 is 0 Å². The van der Waals surface area contributed by atoms with E-state index in [9.17, 15) is 9.59 Å². The standard InChI is InChI=1S/C12H24N4O5.2ClH/c1-4-20-10(17)9(13)7-6-8-14-11(16-19-3)15-12(18)21-5-2;;/h9H,4-8,13H2,1-3H3,(H2,14,15,16,18);2*1H/t9-;;/m0../s1. The van der Waals surface area contributed by atoms with Gasteiger partial charge in [0.1, 0.15) is 0 Å². The first-order valence-electron chi connectivity index (χ1n) is 6.88. The molecule has 23 heavy (non-hydrogen) atoms. The van der Waals surface area contributed by atoms with E-state index in [0.29, 0.717) is 26.0 Å². The van der Waals surface area contributed by atoms with Crippen molar-refractivity contribution in [1.29, 1.82) is 0 Å². The minimum Gasteiger partial charge on any atom is -1.00 e. The Kier molecular flexibility index (Phi) is 19.7. The van der Waals surface area contributed by atoms with Crippen LogP contribution in [0.15, 0.2) is 0 Å². The molecule has 0 unspecified atom stereocenters. The van der Waals surface area contributed by atoms with Gasteiger partial charge >= 0.3 is 18.0 Å². The fourth-order valence-electron chi connectivity index (χ4n) is 1.42. The van der Waals surface area contributed by atoms with E-state index in [2.05, 4.69) is 21.5 Å². The molecule has 0 aliphatic carbocycles. The van der Waals surface area contributed by atoms with Crippen molar-refractivity contribution in [3.8, 4) is 0 Å². The van der Waals surface area contributed by atoms with Crippen molar-refractivity contribution >= 4 is 18.0 Å². The molecule has 0 bridgehead atoms. The van der Waals surface area contributed by atoms with Crippen molar-refractivity contribution < 1.29 is 59.4 Å². The summed E-state index contributed by atoms with van der Waals surface area (Å²) in [5.74, 6) is -0.0333. The van der Waals surface area contributed by atoms with Crippen LogP contribution in [0.25, 0.3) is 0 Å². The summed E-state index contributed by atoms with van der Waals surface area (Å²) in [5, 5.41) is 2.45. The van der Waals surface area contributed by atoms with Gasteiger partial charge in [0, 0.05) is 6.42 Å². The Labute approximate surface area is 148 Å². The van der Waals surface area contributed by atoms with Gasteiger partial charge in [0.05, 0.1) is 26.9 Å². The number of rotatable bonds is 8. The maximum atomic E-state index is 11.4. The van der Waals surface area contributed by atoms with E-state index in [1.54, 1.807) is 13.8 Å². The van der Waals surface area contributed by atoms with Crippen molar-refractivity contribution in [2.24, 2.45) is 0 Å². The lowest BCUT2D eigenvalue weighted by Gasteiger charge is -2.06. The Morgan fingerprint density at radius 3 is 2.30 bits per heavy atom. The monoisotopic (exact) mass is 376 g/mol. The Hall–Kier alpha value is -1.29. The van der Waals surface area contributed by atoms with Gasteiger partial charge in [-0.25, -0.2) is 14.4 Å². The number of carbonyl (C=O) groups excluding carboxylic acids is 2. The zero-order valence-electron chi connectivity index (χ0n) is 13.6. The van der Waals surface area contributed by atoms with Crippen molar-refractivity contribution in [3.63, 3.8) is 0 Å². The van der Waals surface area contributed by atoms with Crippen molar-refractivity contribution in [1.82, 2.24) is 10.8 Å². The fourth-order valence-corrected chi connectivity index (χ4v) is 1.42. The predicted octanol–water partition coefficient (Wildman–Crippen LogP) is -8.72. The minimum atomic E-state index is -0.592. The first-order chi connectivity index (χ1) is 10.0. The van der Waals surface area contributed by atoms with Crippen LogP contribution in [0.1, 0.15) is 26.7 Å². The van der Waals surface area contributed by atoms with E-state index in [1.165, 1.54) is 7.11 Å². The number of amides is 1. The quantitative estimate of drug-likeness (QED) is 0.109. The van der Waals surface area contributed by atoms with Gasteiger partial charge < -0.3 is 40.0 Å². The number of hydrogen-bond donors (Lipinski definition) is 4. The number of hydroxylamine groups is 1. The normalized spacial score (nSPS) is 11.4. The highest BCUT2D eigenvalue weighted by Gasteiger charge is 2.18. The minimum absolute atomic E-state index is 0. The van der Waals surface area contributed by atoms with Gasteiger partial charge in [0.2, 0.25) is 0 Å². The van der Waals surface area contributed by atoms with Gasteiger partial charge in [-0.1, -0.05) is 0 Å². The molecule has 0 heterocycles. The molecule has 0 aromatic carbocycles. The summed E-state index contributed by atoms with van der Waals surface area (Å²) >= 11 is 0. The van der Waals surface area contributed by atoms with Crippen LogP contribution in [0.4, 0.5) is 4.79 Å². The van der Waals surface area contributed by atoms with Crippen molar-refractivity contribution in [3.05, 3.63) is 0 Å². The first kappa shape index (κ1) is 26.6. The lowest BCUT2D eigenvalue weighted by atomic mass is 10.2. The Morgan fingerprint density at radius 2 is 1.78 bits per heavy atom. The molecule has 138 valence electrons. The molecular formula is C12H26Cl2N4O5. The lowest BCUT2D eigenvalue weighted by Crippen LogP contribution is -3.00. The van der Waals surface area contributed by atoms with Crippen LogP contribution in [0.2, 0.25) is 0 Å². The molecule has 0 saturated carbocycles. The zero-order chi connectivity index (χ0) is 16.1. The molecule has 0 aromatic heterocycles. The highest BCUT2D eigenvalue weighted by atomic mass is 35.5. The van der Waals surface area contributed by atoms with Gasteiger partial charge in [-0.15, -0.1) is 5.48 Å². The summed E-state index contributed by atoms with van der Waals surface area (Å²) in [4.78, 5) is 30.3. The average Bonchev–Trinajstić information content (AvgIpc) is 2.43. The first-order valence-corrected chi connectivity index (χ1v) is 6.88. The van der Waals surface area contributed by atoms with E-state index in [1.807, 2.05) is 0 Å². The topological polar surface area (TPSA) is 128 Å². The van der Waals surface area contributed by atoms with Crippen LogP contribution in [0, 0.1) is 0 Å². The number of nitrogens with one attached hydrogen (secondary N) is 3. The third-order valence-corrected chi connectivity index (χ3v) is 2.36. The molecule has 1 atom stereocenters. The lowest BCUT2D eigenvalue weighted by molar-refractivity contribution is -0.468. The van der Waals surface area contributed by atoms with Crippen LogP contribution in [-0.4, -0.2) is 50.9 Å². The number of quaternary nitrogens is 1. The van der Waals surface area contributed by atoms with Gasteiger partial charge in [-0.2, -0.15) is 5.32 Å². The maximum Gasteiger partial charge on any atom is 0.476 e. The smallest absolute Gasteiger partial charge is 0.476 e. The molecule has 0 fully saturated rings. The van der Waals surface area contributed by atoms with Crippen LogP contribution in [0.3, 0.4) is 0 Å². The second kappa shape index (κ2) is 17.1. The number of ether oxygens (including phenoxy) is 2. The second-order valence-electron chi connectivity index (χ2n) is 4.04. The Bertz CT molecular complexity index is 358. The molecule has 11 heteroatoms. The molecule has 0 aromatic rings.